The van der Waals surface area contributed by atoms with Gasteiger partial charge in [-0.1, -0.05) is 0 Å². The van der Waals surface area contributed by atoms with Crippen molar-refractivity contribution in [3.8, 4) is 0 Å². The van der Waals surface area contributed by atoms with Crippen molar-refractivity contribution in [3.63, 3.8) is 0 Å². The maximum absolute atomic E-state index is 11.3. The molecule has 0 aliphatic heterocycles. The summed E-state index contributed by atoms with van der Waals surface area (Å²) in [5.41, 5.74) is 6.79. The van der Waals surface area contributed by atoms with Crippen LogP contribution in [0.25, 0.3) is 0 Å². The smallest absolute Gasteiger partial charge is 0.240 e. The molecule has 0 radical (unpaired) electrons. The van der Waals surface area contributed by atoms with Gasteiger partial charge in [-0.3, -0.25) is 0 Å². The first-order chi connectivity index (χ1) is 8.71. The van der Waals surface area contributed by atoms with Crippen LogP contribution in [0.2, 0.25) is 0 Å². The monoisotopic (exact) mass is 286 g/mol. The lowest BCUT2D eigenvalue weighted by molar-refractivity contribution is 0.401. The molecule has 0 atom stereocenters. The SMILES string of the molecule is CN(C)CCCN(C)c1ccc(S(N)(=O)=O)c(N)c1. The van der Waals surface area contributed by atoms with Gasteiger partial charge in [-0.05, 0) is 45.3 Å². The molecule has 0 aliphatic rings. The summed E-state index contributed by atoms with van der Waals surface area (Å²) in [4.78, 5) is 4.12. The third kappa shape index (κ3) is 4.70. The molecular weight excluding hydrogens is 264 g/mol. The van der Waals surface area contributed by atoms with Gasteiger partial charge in [0.05, 0.1) is 5.69 Å². The Kier molecular flexibility index (Phi) is 5.16. The van der Waals surface area contributed by atoms with E-state index >= 15 is 0 Å². The fraction of sp³-hybridized carbons (Fsp3) is 0.500. The van der Waals surface area contributed by atoms with E-state index in [0.717, 1.165) is 25.2 Å². The molecule has 0 saturated heterocycles. The first-order valence-electron chi connectivity index (χ1n) is 6.00. The molecule has 0 spiro atoms. The number of anilines is 2. The van der Waals surface area contributed by atoms with Gasteiger partial charge in [0.2, 0.25) is 10.0 Å². The summed E-state index contributed by atoms with van der Waals surface area (Å²) in [5.74, 6) is 0. The molecule has 1 aromatic carbocycles. The molecule has 0 aliphatic carbocycles. The Bertz CT molecular complexity index is 529. The van der Waals surface area contributed by atoms with Crippen LogP contribution < -0.4 is 15.8 Å². The van der Waals surface area contributed by atoms with Crippen molar-refractivity contribution in [3.05, 3.63) is 18.2 Å². The quantitative estimate of drug-likeness (QED) is 0.734. The second-order valence-electron chi connectivity index (χ2n) is 4.85. The number of benzene rings is 1. The van der Waals surface area contributed by atoms with Crippen molar-refractivity contribution in [2.24, 2.45) is 5.14 Å². The molecule has 1 aromatic rings. The molecule has 0 heterocycles. The number of hydrogen-bond donors (Lipinski definition) is 2. The van der Waals surface area contributed by atoms with E-state index in [1.807, 2.05) is 26.0 Å². The third-order valence-corrected chi connectivity index (χ3v) is 3.82. The van der Waals surface area contributed by atoms with E-state index in [0.29, 0.717) is 0 Å². The zero-order valence-electron chi connectivity index (χ0n) is 11.6. The zero-order chi connectivity index (χ0) is 14.6. The Morgan fingerprint density at radius 1 is 1.16 bits per heavy atom. The normalized spacial score (nSPS) is 11.8. The molecule has 7 heteroatoms. The van der Waals surface area contributed by atoms with E-state index in [4.69, 9.17) is 10.9 Å². The minimum atomic E-state index is -3.75. The van der Waals surface area contributed by atoms with Gasteiger partial charge in [0.1, 0.15) is 4.90 Å². The maximum atomic E-state index is 11.3. The lowest BCUT2D eigenvalue weighted by Crippen LogP contribution is -2.23. The van der Waals surface area contributed by atoms with Crippen LogP contribution in [0.5, 0.6) is 0 Å². The zero-order valence-corrected chi connectivity index (χ0v) is 12.4. The van der Waals surface area contributed by atoms with Gasteiger partial charge in [-0.2, -0.15) is 0 Å². The minimum absolute atomic E-state index is 0.0297. The van der Waals surface area contributed by atoms with E-state index in [-0.39, 0.29) is 10.6 Å². The number of rotatable bonds is 6. The second kappa shape index (κ2) is 6.23. The predicted molar refractivity (Wildman–Crippen MR) is 78.7 cm³/mol. The molecule has 0 saturated carbocycles. The summed E-state index contributed by atoms with van der Waals surface area (Å²) in [6.45, 7) is 1.86. The fourth-order valence-corrected chi connectivity index (χ4v) is 2.43. The van der Waals surface area contributed by atoms with Crippen molar-refractivity contribution >= 4 is 21.4 Å². The van der Waals surface area contributed by atoms with Crippen molar-refractivity contribution in [1.82, 2.24) is 4.90 Å². The molecule has 0 bridgehead atoms. The van der Waals surface area contributed by atoms with Crippen LogP contribution in [0.3, 0.4) is 0 Å². The molecule has 19 heavy (non-hydrogen) atoms. The number of nitrogens with zero attached hydrogens (tertiary/aromatic N) is 2. The van der Waals surface area contributed by atoms with E-state index in [1.165, 1.54) is 6.07 Å². The summed E-state index contributed by atoms with van der Waals surface area (Å²) in [7, 11) is 2.24. The highest BCUT2D eigenvalue weighted by atomic mass is 32.2. The largest absolute Gasteiger partial charge is 0.398 e. The first kappa shape index (κ1) is 15.7. The number of nitrogen functional groups attached to an aromatic ring is 1. The Balaban J connectivity index is 2.78. The van der Waals surface area contributed by atoms with Gasteiger partial charge in [-0.25, -0.2) is 13.6 Å². The first-order valence-corrected chi connectivity index (χ1v) is 7.54. The predicted octanol–water partition coefficient (Wildman–Crippen LogP) is 0.304. The highest BCUT2D eigenvalue weighted by Crippen LogP contribution is 2.23. The number of hydrogen-bond acceptors (Lipinski definition) is 5. The van der Waals surface area contributed by atoms with Crippen molar-refractivity contribution in [2.45, 2.75) is 11.3 Å². The number of nitrogens with two attached hydrogens (primary N) is 2. The summed E-state index contributed by atoms with van der Waals surface area (Å²) in [6, 6.07) is 4.80. The molecule has 0 fully saturated rings. The van der Waals surface area contributed by atoms with Crippen LogP contribution in [0.15, 0.2) is 23.1 Å². The van der Waals surface area contributed by atoms with Crippen LogP contribution in [-0.4, -0.2) is 47.6 Å². The average Bonchev–Trinajstić information content (AvgIpc) is 2.26. The van der Waals surface area contributed by atoms with E-state index < -0.39 is 10.0 Å². The highest BCUT2D eigenvalue weighted by Gasteiger charge is 2.13. The minimum Gasteiger partial charge on any atom is -0.398 e. The van der Waals surface area contributed by atoms with Crippen molar-refractivity contribution in [2.75, 3.05) is 44.9 Å². The van der Waals surface area contributed by atoms with E-state index in [9.17, 15) is 8.42 Å². The Labute approximate surface area is 115 Å². The molecule has 6 nitrogen and oxygen atoms in total. The van der Waals surface area contributed by atoms with Gasteiger partial charge in [0, 0.05) is 19.3 Å². The number of sulfonamides is 1. The van der Waals surface area contributed by atoms with Crippen LogP contribution in [-0.2, 0) is 10.0 Å². The van der Waals surface area contributed by atoms with Gasteiger partial charge in [0.15, 0.2) is 0 Å². The van der Waals surface area contributed by atoms with Crippen LogP contribution in [0.4, 0.5) is 11.4 Å². The molecule has 4 N–H and O–H groups in total. The topological polar surface area (TPSA) is 92.7 Å². The maximum Gasteiger partial charge on any atom is 0.240 e. The van der Waals surface area contributed by atoms with E-state index in [1.54, 1.807) is 12.1 Å². The van der Waals surface area contributed by atoms with Gasteiger partial charge < -0.3 is 15.5 Å². The molecule has 0 aromatic heterocycles. The van der Waals surface area contributed by atoms with Crippen molar-refractivity contribution in [1.29, 1.82) is 0 Å². The molecule has 0 unspecified atom stereocenters. The Hall–Kier alpha value is -1.31. The lowest BCUT2D eigenvalue weighted by atomic mass is 10.2. The van der Waals surface area contributed by atoms with E-state index in [2.05, 4.69) is 4.90 Å². The second-order valence-corrected chi connectivity index (χ2v) is 6.38. The van der Waals surface area contributed by atoms with Gasteiger partial charge >= 0.3 is 0 Å². The lowest BCUT2D eigenvalue weighted by Gasteiger charge is -2.21. The molecule has 1 rings (SSSR count). The third-order valence-electron chi connectivity index (χ3n) is 2.84. The van der Waals surface area contributed by atoms with Crippen LogP contribution >= 0.6 is 0 Å². The van der Waals surface area contributed by atoms with Crippen molar-refractivity contribution < 1.29 is 8.42 Å². The summed E-state index contributed by atoms with van der Waals surface area (Å²) in [6.07, 6.45) is 1.01. The summed E-state index contributed by atoms with van der Waals surface area (Å²) >= 11 is 0. The summed E-state index contributed by atoms with van der Waals surface area (Å²) in [5, 5.41) is 5.07. The van der Waals surface area contributed by atoms with Crippen LogP contribution in [0.1, 0.15) is 6.42 Å². The van der Waals surface area contributed by atoms with Gasteiger partial charge in [0.25, 0.3) is 0 Å². The fourth-order valence-electron chi connectivity index (χ4n) is 1.79. The standard InChI is InChI=1S/C12H22N4O2S/c1-15(2)7-4-8-16(3)10-5-6-12(11(13)9-10)19(14,17)18/h5-6,9H,4,7-8,13H2,1-3H3,(H2,14,17,18). The molecule has 108 valence electrons. The molecular formula is C12H22N4O2S. The highest BCUT2D eigenvalue weighted by molar-refractivity contribution is 7.89. The average molecular weight is 286 g/mol. The molecule has 0 amide bonds. The Morgan fingerprint density at radius 2 is 1.79 bits per heavy atom. The Morgan fingerprint density at radius 3 is 2.26 bits per heavy atom. The summed E-state index contributed by atoms with van der Waals surface area (Å²) < 4.78 is 22.5. The number of primary sulfonamides is 1. The van der Waals surface area contributed by atoms with Gasteiger partial charge in [-0.15, -0.1) is 0 Å². The van der Waals surface area contributed by atoms with Crippen LogP contribution in [0, 0.1) is 0 Å².